The molecule has 0 bridgehead atoms. The molecule has 1 aromatic heterocycles. The lowest BCUT2D eigenvalue weighted by Gasteiger charge is -2.08. The van der Waals surface area contributed by atoms with Gasteiger partial charge in [-0.15, -0.1) is 0 Å². The Morgan fingerprint density at radius 2 is 1.81 bits per heavy atom. The van der Waals surface area contributed by atoms with Crippen molar-refractivity contribution in [3.8, 4) is 0 Å². The standard InChI is InChI=1S/C13H11BrN4O2S/c14-10-5-2-1-4-9(10)12(20)18-17-11(19)8-21-13-15-6-3-7-16-13/h1-7H,8H2,(H,17,19)(H,18,20). The van der Waals surface area contributed by atoms with Crippen LogP contribution in [0.15, 0.2) is 52.4 Å². The first-order valence-corrected chi connectivity index (χ1v) is 7.68. The van der Waals surface area contributed by atoms with E-state index >= 15 is 0 Å². The van der Waals surface area contributed by atoms with E-state index < -0.39 is 5.91 Å². The molecule has 2 amide bonds. The van der Waals surface area contributed by atoms with Crippen LogP contribution in [-0.4, -0.2) is 27.5 Å². The van der Waals surface area contributed by atoms with Crippen molar-refractivity contribution in [2.75, 3.05) is 5.75 Å². The maximum absolute atomic E-state index is 11.9. The van der Waals surface area contributed by atoms with Gasteiger partial charge in [-0.3, -0.25) is 20.4 Å². The van der Waals surface area contributed by atoms with Crippen LogP contribution in [0.2, 0.25) is 0 Å². The van der Waals surface area contributed by atoms with Crippen molar-refractivity contribution < 1.29 is 9.59 Å². The molecule has 0 aliphatic rings. The van der Waals surface area contributed by atoms with Gasteiger partial charge in [-0.25, -0.2) is 9.97 Å². The van der Waals surface area contributed by atoms with Crippen molar-refractivity contribution >= 4 is 39.5 Å². The predicted octanol–water partition coefficient (Wildman–Crippen LogP) is 1.79. The number of carbonyl (C=O) groups is 2. The molecule has 0 saturated heterocycles. The zero-order valence-corrected chi connectivity index (χ0v) is 13.1. The molecular weight excluding hydrogens is 356 g/mol. The number of carbonyl (C=O) groups excluding carboxylic acids is 2. The van der Waals surface area contributed by atoms with Crippen LogP contribution in [0.4, 0.5) is 0 Å². The Labute approximate surface area is 133 Å². The van der Waals surface area contributed by atoms with Gasteiger partial charge in [0.05, 0.1) is 11.3 Å². The molecule has 108 valence electrons. The highest BCUT2D eigenvalue weighted by molar-refractivity contribution is 9.10. The fourth-order valence-electron chi connectivity index (χ4n) is 1.37. The lowest BCUT2D eigenvalue weighted by Crippen LogP contribution is -2.42. The molecule has 0 spiro atoms. The van der Waals surface area contributed by atoms with E-state index in [-0.39, 0.29) is 11.7 Å². The monoisotopic (exact) mass is 366 g/mol. The summed E-state index contributed by atoms with van der Waals surface area (Å²) >= 11 is 4.46. The number of hydrogen-bond acceptors (Lipinski definition) is 5. The van der Waals surface area contributed by atoms with Crippen LogP contribution in [-0.2, 0) is 4.79 Å². The van der Waals surface area contributed by atoms with Crippen LogP contribution < -0.4 is 10.9 Å². The molecule has 2 rings (SSSR count). The smallest absolute Gasteiger partial charge is 0.270 e. The van der Waals surface area contributed by atoms with E-state index in [4.69, 9.17) is 0 Å². The third kappa shape index (κ3) is 4.83. The number of hydrazine groups is 1. The maximum atomic E-state index is 11.9. The number of thioether (sulfide) groups is 1. The summed E-state index contributed by atoms with van der Waals surface area (Å²) in [4.78, 5) is 31.4. The topological polar surface area (TPSA) is 84.0 Å². The van der Waals surface area contributed by atoms with Gasteiger partial charge < -0.3 is 0 Å². The minimum absolute atomic E-state index is 0.111. The van der Waals surface area contributed by atoms with Gasteiger partial charge in [0.25, 0.3) is 5.91 Å². The van der Waals surface area contributed by atoms with Gasteiger partial charge in [0, 0.05) is 16.9 Å². The maximum Gasteiger partial charge on any atom is 0.270 e. The van der Waals surface area contributed by atoms with Crippen LogP contribution in [0, 0.1) is 0 Å². The Hall–Kier alpha value is -1.93. The molecule has 2 aromatic rings. The van der Waals surface area contributed by atoms with Crippen LogP contribution in [0.3, 0.4) is 0 Å². The lowest BCUT2D eigenvalue weighted by atomic mass is 10.2. The van der Waals surface area contributed by atoms with Gasteiger partial charge in [0.2, 0.25) is 5.91 Å². The summed E-state index contributed by atoms with van der Waals surface area (Å²) < 4.78 is 0.656. The third-order valence-electron chi connectivity index (χ3n) is 2.31. The average Bonchev–Trinajstić information content (AvgIpc) is 2.52. The van der Waals surface area contributed by atoms with Crippen molar-refractivity contribution in [2.24, 2.45) is 0 Å². The van der Waals surface area contributed by atoms with Crippen molar-refractivity contribution in [3.05, 3.63) is 52.8 Å². The van der Waals surface area contributed by atoms with E-state index in [1.54, 1.807) is 42.7 Å². The van der Waals surface area contributed by atoms with Crippen LogP contribution in [0.5, 0.6) is 0 Å². The fraction of sp³-hybridized carbons (Fsp3) is 0.0769. The Morgan fingerprint density at radius 1 is 1.10 bits per heavy atom. The average molecular weight is 367 g/mol. The number of halogens is 1. The summed E-state index contributed by atoms with van der Waals surface area (Å²) in [7, 11) is 0. The second-order valence-electron chi connectivity index (χ2n) is 3.80. The molecule has 2 N–H and O–H groups in total. The predicted molar refractivity (Wildman–Crippen MR) is 82.5 cm³/mol. The van der Waals surface area contributed by atoms with Crippen molar-refractivity contribution in [2.45, 2.75) is 5.16 Å². The van der Waals surface area contributed by atoms with E-state index in [1.807, 2.05) is 0 Å². The summed E-state index contributed by atoms with van der Waals surface area (Å²) in [6.45, 7) is 0. The van der Waals surface area contributed by atoms with Gasteiger partial charge in [-0.2, -0.15) is 0 Å². The number of benzene rings is 1. The Balaban J connectivity index is 1.79. The Bertz CT molecular complexity index is 639. The quantitative estimate of drug-likeness (QED) is 0.489. The highest BCUT2D eigenvalue weighted by atomic mass is 79.9. The van der Waals surface area contributed by atoms with Gasteiger partial charge in [-0.05, 0) is 34.1 Å². The molecule has 0 aliphatic heterocycles. The Morgan fingerprint density at radius 3 is 2.52 bits per heavy atom. The molecule has 0 radical (unpaired) electrons. The minimum atomic E-state index is -0.392. The number of hydrogen-bond donors (Lipinski definition) is 2. The summed E-state index contributed by atoms with van der Waals surface area (Å²) in [6, 6.07) is 8.64. The van der Waals surface area contributed by atoms with E-state index in [1.165, 1.54) is 11.8 Å². The molecule has 0 fully saturated rings. The van der Waals surface area contributed by atoms with Crippen molar-refractivity contribution in [3.63, 3.8) is 0 Å². The van der Waals surface area contributed by atoms with Gasteiger partial charge in [-0.1, -0.05) is 23.9 Å². The summed E-state index contributed by atoms with van der Waals surface area (Å²) in [5, 5.41) is 0.504. The summed E-state index contributed by atoms with van der Waals surface area (Å²) in [5.74, 6) is -0.620. The molecule has 0 saturated carbocycles. The lowest BCUT2D eigenvalue weighted by molar-refractivity contribution is -0.119. The molecule has 8 heteroatoms. The molecular formula is C13H11BrN4O2S. The highest BCUT2D eigenvalue weighted by Crippen LogP contribution is 2.15. The first-order valence-electron chi connectivity index (χ1n) is 5.90. The number of aromatic nitrogens is 2. The van der Waals surface area contributed by atoms with Crippen molar-refractivity contribution in [1.82, 2.24) is 20.8 Å². The van der Waals surface area contributed by atoms with E-state index in [9.17, 15) is 9.59 Å². The second kappa shape index (κ2) is 7.75. The van der Waals surface area contributed by atoms with Gasteiger partial charge >= 0.3 is 0 Å². The fourth-order valence-corrected chi connectivity index (χ4v) is 2.43. The molecule has 0 aliphatic carbocycles. The minimum Gasteiger partial charge on any atom is -0.272 e. The Kier molecular flexibility index (Phi) is 5.70. The highest BCUT2D eigenvalue weighted by Gasteiger charge is 2.10. The molecule has 0 unspecified atom stereocenters. The van der Waals surface area contributed by atoms with Gasteiger partial charge in [0.15, 0.2) is 5.16 Å². The number of nitrogens with one attached hydrogen (secondary N) is 2. The van der Waals surface area contributed by atoms with E-state index in [0.717, 1.165) is 0 Å². The zero-order chi connectivity index (χ0) is 15.1. The largest absolute Gasteiger partial charge is 0.272 e. The molecule has 1 aromatic carbocycles. The SMILES string of the molecule is O=C(CSc1ncccn1)NNC(=O)c1ccccc1Br. The summed E-state index contributed by atoms with van der Waals surface area (Å²) in [5.41, 5.74) is 5.14. The molecule has 1 heterocycles. The normalized spacial score (nSPS) is 9.95. The van der Waals surface area contributed by atoms with Crippen LogP contribution in [0.1, 0.15) is 10.4 Å². The second-order valence-corrected chi connectivity index (χ2v) is 5.60. The number of rotatable bonds is 4. The number of amides is 2. The molecule has 6 nitrogen and oxygen atoms in total. The summed E-state index contributed by atoms with van der Waals surface area (Å²) in [6.07, 6.45) is 3.20. The van der Waals surface area contributed by atoms with Crippen LogP contribution in [0.25, 0.3) is 0 Å². The van der Waals surface area contributed by atoms with Crippen LogP contribution >= 0.6 is 27.7 Å². The molecule has 0 atom stereocenters. The molecule has 21 heavy (non-hydrogen) atoms. The third-order valence-corrected chi connectivity index (χ3v) is 3.88. The van der Waals surface area contributed by atoms with E-state index in [0.29, 0.717) is 15.2 Å². The van der Waals surface area contributed by atoms with Crippen molar-refractivity contribution in [1.29, 1.82) is 0 Å². The first-order chi connectivity index (χ1) is 10.2. The van der Waals surface area contributed by atoms with E-state index in [2.05, 4.69) is 36.7 Å². The zero-order valence-electron chi connectivity index (χ0n) is 10.7. The first kappa shape index (κ1) is 15.5. The number of nitrogens with zero attached hydrogens (tertiary/aromatic N) is 2. The van der Waals surface area contributed by atoms with Gasteiger partial charge in [0.1, 0.15) is 0 Å².